The minimum Gasteiger partial charge on any atom is -0.481 e. The monoisotopic (exact) mass is 214 g/mol. The van der Waals surface area contributed by atoms with E-state index in [1.54, 1.807) is 19.1 Å². The van der Waals surface area contributed by atoms with Crippen LogP contribution < -0.4 is 5.73 Å². The molecule has 0 aromatic carbocycles. The van der Waals surface area contributed by atoms with Crippen molar-refractivity contribution in [2.75, 3.05) is 0 Å². The minimum absolute atomic E-state index is 0.180. The highest BCUT2D eigenvalue weighted by Crippen LogP contribution is 2.21. The number of carbonyl (C=O) groups is 1. The Balaban J connectivity index is 2.97. The lowest BCUT2D eigenvalue weighted by Crippen LogP contribution is -2.36. The lowest BCUT2D eigenvalue weighted by molar-refractivity contribution is -0.138. The molecule has 0 bridgehead atoms. The first kappa shape index (κ1) is 10.9. The molecular weight excluding hydrogens is 204 g/mol. The van der Waals surface area contributed by atoms with Crippen LogP contribution in [0.3, 0.4) is 0 Å². The maximum atomic E-state index is 10.5. The van der Waals surface area contributed by atoms with Crippen molar-refractivity contribution in [3.05, 3.63) is 29.0 Å². The molecule has 0 unspecified atom stereocenters. The lowest BCUT2D eigenvalue weighted by atomic mass is 9.94. The van der Waals surface area contributed by atoms with Gasteiger partial charge in [-0.25, -0.2) is 0 Å². The van der Waals surface area contributed by atoms with Gasteiger partial charge >= 0.3 is 5.97 Å². The van der Waals surface area contributed by atoms with Gasteiger partial charge in [-0.1, -0.05) is 11.6 Å². The van der Waals surface area contributed by atoms with Crippen molar-refractivity contribution in [3.63, 3.8) is 0 Å². The Morgan fingerprint density at radius 3 is 2.93 bits per heavy atom. The first-order valence-corrected chi connectivity index (χ1v) is 4.42. The molecule has 0 amide bonds. The molecule has 0 aliphatic carbocycles. The molecular formula is C9H11ClN2O2. The third-order valence-electron chi connectivity index (χ3n) is 1.83. The van der Waals surface area contributed by atoms with Gasteiger partial charge in [0.1, 0.15) is 0 Å². The average Bonchev–Trinajstić information content (AvgIpc) is 2.01. The normalized spacial score (nSPS) is 14.8. The predicted molar refractivity (Wildman–Crippen MR) is 53.0 cm³/mol. The third-order valence-corrected chi connectivity index (χ3v) is 2.06. The first-order chi connectivity index (χ1) is 6.42. The smallest absolute Gasteiger partial charge is 0.305 e. The number of aromatic nitrogens is 1. The molecule has 5 heteroatoms. The number of aliphatic carboxylic acids is 1. The van der Waals surface area contributed by atoms with Gasteiger partial charge in [-0.3, -0.25) is 9.78 Å². The molecule has 0 aliphatic heterocycles. The fourth-order valence-corrected chi connectivity index (χ4v) is 1.28. The van der Waals surface area contributed by atoms with Crippen LogP contribution in [0.2, 0.25) is 5.02 Å². The Morgan fingerprint density at radius 1 is 1.79 bits per heavy atom. The van der Waals surface area contributed by atoms with Crippen molar-refractivity contribution in [1.29, 1.82) is 0 Å². The van der Waals surface area contributed by atoms with Crippen LogP contribution in [-0.4, -0.2) is 16.1 Å². The van der Waals surface area contributed by atoms with Crippen molar-refractivity contribution in [2.45, 2.75) is 18.9 Å². The van der Waals surface area contributed by atoms with Gasteiger partial charge in [-0.2, -0.15) is 0 Å². The molecule has 1 rings (SSSR count). The number of hydrogen-bond donors (Lipinski definition) is 2. The Bertz CT molecular complexity index is 352. The summed E-state index contributed by atoms with van der Waals surface area (Å²) in [6, 6.07) is 3.19. The highest BCUT2D eigenvalue weighted by atomic mass is 35.5. The molecule has 0 saturated heterocycles. The summed E-state index contributed by atoms with van der Waals surface area (Å²) in [5.74, 6) is -0.961. The Labute approximate surface area is 86.7 Å². The van der Waals surface area contributed by atoms with Gasteiger partial charge in [0.15, 0.2) is 0 Å². The average molecular weight is 215 g/mol. The number of carboxylic acid groups (broad SMARTS) is 1. The van der Waals surface area contributed by atoms with E-state index in [-0.39, 0.29) is 6.42 Å². The predicted octanol–water partition coefficient (Wildman–Crippen LogP) is 1.38. The van der Waals surface area contributed by atoms with E-state index in [1.165, 1.54) is 6.20 Å². The second kappa shape index (κ2) is 3.94. The van der Waals surface area contributed by atoms with Gasteiger partial charge in [0.2, 0.25) is 0 Å². The van der Waals surface area contributed by atoms with Gasteiger partial charge in [0, 0.05) is 11.2 Å². The summed E-state index contributed by atoms with van der Waals surface area (Å²) in [6.45, 7) is 1.61. The lowest BCUT2D eigenvalue weighted by Gasteiger charge is -2.21. The summed E-state index contributed by atoms with van der Waals surface area (Å²) in [6.07, 6.45) is 1.32. The summed E-state index contributed by atoms with van der Waals surface area (Å²) in [5, 5.41) is 9.14. The number of halogens is 1. The number of carboxylic acids is 1. The summed E-state index contributed by atoms with van der Waals surface area (Å²) in [4.78, 5) is 14.5. The summed E-state index contributed by atoms with van der Waals surface area (Å²) in [7, 11) is 0. The zero-order chi connectivity index (χ0) is 10.8. The number of nitrogens with zero attached hydrogens (tertiary/aromatic N) is 1. The molecule has 76 valence electrons. The van der Waals surface area contributed by atoms with E-state index in [0.29, 0.717) is 10.7 Å². The molecule has 0 saturated carbocycles. The van der Waals surface area contributed by atoms with Crippen LogP contribution in [0.25, 0.3) is 0 Å². The van der Waals surface area contributed by atoms with Crippen molar-refractivity contribution in [1.82, 2.24) is 4.98 Å². The number of hydrogen-bond acceptors (Lipinski definition) is 3. The van der Waals surface area contributed by atoms with E-state index in [9.17, 15) is 4.79 Å². The maximum Gasteiger partial charge on any atom is 0.305 e. The Hall–Kier alpha value is -1.13. The van der Waals surface area contributed by atoms with E-state index in [0.717, 1.165) is 0 Å². The van der Waals surface area contributed by atoms with Crippen LogP contribution in [0.4, 0.5) is 0 Å². The highest BCUT2D eigenvalue weighted by Gasteiger charge is 2.26. The van der Waals surface area contributed by atoms with Gasteiger partial charge in [0.05, 0.1) is 17.7 Å². The van der Waals surface area contributed by atoms with Crippen molar-refractivity contribution in [2.24, 2.45) is 5.73 Å². The van der Waals surface area contributed by atoms with Crippen LogP contribution in [0.15, 0.2) is 18.3 Å². The topological polar surface area (TPSA) is 76.2 Å². The van der Waals surface area contributed by atoms with E-state index in [2.05, 4.69) is 4.98 Å². The zero-order valence-corrected chi connectivity index (χ0v) is 8.45. The fraction of sp³-hybridized carbons (Fsp3) is 0.333. The van der Waals surface area contributed by atoms with Crippen molar-refractivity contribution >= 4 is 17.6 Å². The maximum absolute atomic E-state index is 10.5. The molecule has 1 aromatic rings. The van der Waals surface area contributed by atoms with Crippen LogP contribution in [-0.2, 0) is 10.3 Å². The van der Waals surface area contributed by atoms with E-state index < -0.39 is 11.5 Å². The first-order valence-electron chi connectivity index (χ1n) is 4.04. The summed E-state index contributed by atoms with van der Waals surface area (Å²) >= 11 is 5.74. The van der Waals surface area contributed by atoms with Crippen LogP contribution in [0.1, 0.15) is 19.0 Å². The van der Waals surface area contributed by atoms with E-state index in [4.69, 9.17) is 22.4 Å². The Kier molecular flexibility index (Phi) is 3.08. The molecule has 4 nitrogen and oxygen atoms in total. The van der Waals surface area contributed by atoms with Crippen LogP contribution in [0, 0.1) is 0 Å². The molecule has 0 aliphatic rings. The number of pyridine rings is 1. The molecule has 3 N–H and O–H groups in total. The van der Waals surface area contributed by atoms with E-state index in [1.807, 2.05) is 0 Å². The zero-order valence-electron chi connectivity index (χ0n) is 7.70. The molecule has 0 fully saturated rings. The molecule has 1 heterocycles. The summed E-state index contributed by atoms with van der Waals surface area (Å²) in [5.41, 5.74) is 5.30. The van der Waals surface area contributed by atoms with Gasteiger partial charge in [-0.05, 0) is 19.1 Å². The second-order valence-corrected chi connectivity index (χ2v) is 3.78. The highest BCUT2D eigenvalue weighted by molar-refractivity contribution is 6.30. The molecule has 0 radical (unpaired) electrons. The molecule has 0 spiro atoms. The van der Waals surface area contributed by atoms with Crippen molar-refractivity contribution < 1.29 is 9.90 Å². The third kappa shape index (κ3) is 2.68. The van der Waals surface area contributed by atoms with Gasteiger partial charge in [-0.15, -0.1) is 0 Å². The quantitative estimate of drug-likeness (QED) is 0.797. The van der Waals surface area contributed by atoms with Crippen LogP contribution >= 0.6 is 11.6 Å². The van der Waals surface area contributed by atoms with Crippen LogP contribution in [0.5, 0.6) is 0 Å². The van der Waals surface area contributed by atoms with E-state index >= 15 is 0 Å². The minimum atomic E-state index is -0.989. The number of nitrogens with two attached hydrogens (primary N) is 1. The second-order valence-electron chi connectivity index (χ2n) is 3.35. The molecule has 1 aromatic heterocycles. The van der Waals surface area contributed by atoms with Gasteiger partial charge < -0.3 is 10.8 Å². The summed E-state index contributed by atoms with van der Waals surface area (Å²) < 4.78 is 0. The fourth-order valence-electron chi connectivity index (χ4n) is 1.12. The number of rotatable bonds is 3. The van der Waals surface area contributed by atoms with Gasteiger partial charge in [0.25, 0.3) is 0 Å². The van der Waals surface area contributed by atoms with Crippen molar-refractivity contribution in [3.8, 4) is 0 Å². The molecule has 14 heavy (non-hydrogen) atoms. The SMILES string of the molecule is C[C@@](N)(CC(=O)O)c1cc(Cl)ccn1. The Morgan fingerprint density at radius 2 is 2.43 bits per heavy atom. The largest absolute Gasteiger partial charge is 0.481 e. The standard InChI is InChI=1S/C9H11ClN2O2/c1-9(11,5-8(13)14)7-4-6(10)2-3-12-7/h2-4H,5,11H2,1H3,(H,13,14)/t9-/m1/s1. The molecule has 1 atom stereocenters.